The molecule has 0 aliphatic carbocycles. The van der Waals surface area contributed by atoms with E-state index in [1.54, 1.807) is 30.9 Å². The fourth-order valence-corrected chi connectivity index (χ4v) is 6.34. The lowest BCUT2D eigenvalue weighted by molar-refractivity contribution is 0.0937. The van der Waals surface area contributed by atoms with E-state index in [1.165, 1.54) is 24.2 Å². The number of ether oxygens (including phenoxy) is 2. The van der Waals surface area contributed by atoms with Gasteiger partial charge in [0, 0.05) is 76.0 Å². The quantitative estimate of drug-likeness (QED) is 0.318. The van der Waals surface area contributed by atoms with Crippen molar-refractivity contribution in [2.75, 3.05) is 43.6 Å². The molecule has 2 N–H and O–H groups in total. The second kappa shape index (κ2) is 14.0. The summed E-state index contributed by atoms with van der Waals surface area (Å²) < 4.78 is 11.0. The molecule has 3 aromatic rings. The van der Waals surface area contributed by atoms with Gasteiger partial charge in [-0.25, -0.2) is 15.0 Å². The number of carbonyl (C=O) groups excluding carboxylic acids is 2. The number of hydrogen-bond acceptors (Lipinski definition) is 10. The van der Waals surface area contributed by atoms with Gasteiger partial charge in [0.2, 0.25) is 0 Å². The van der Waals surface area contributed by atoms with Crippen LogP contribution >= 0.6 is 11.3 Å². The molecule has 5 rings (SSSR count). The third kappa shape index (κ3) is 7.42. The first kappa shape index (κ1) is 29.9. The topological polar surface area (TPSA) is 122 Å². The number of methoxy groups -OCH3 is 1. The maximum Gasteiger partial charge on any atom is 0.316 e. The molecule has 2 amide bonds. The molecule has 2 fully saturated rings. The smallest absolute Gasteiger partial charge is 0.316 e. The first-order chi connectivity index (χ1) is 20.4. The highest BCUT2D eigenvalue weighted by Gasteiger charge is 2.28. The normalized spacial score (nSPS) is 19.5. The minimum absolute atomic E-state index is 0.0414. The minimum atomic E-state index is -0.350. The molecule has 0 spiro atoms. The van der Waals surface area contributed by atoms with E-state index in [2.05, 4.69) is 49.2 Å². The zero-order valence-electron chi connectivity index (χ0n) is 24.4. The number of rotatable bonds is 11. The van der Waals surface area contributed by atoms with Gasteiger partial charge in [-0.1, -0.05) is 6.07 Å². The van der Waals surface area contributed by atoms with E-state index < -0.39 is 0 Å². The van der Waals surface area contributed by atoms with Gasteiger partial charge in [0.05, 0.1) is 17.9 Å². The lowest BCUT2D eigenvalue weighted by Gasteiger charge is -2.31. The monoisotopic (exact) mass is 593 g/mol. The molecule has 0 saturated carbocycles. The Hall–Kier alpha value is -3.61. The number of benzene rings is 1. The van der Waals surface area contributed by atoms with E-state index in [-0.39, 0.29) is 17.9 Å². The average Bonchev–Trinajstić information content (AvgIpc) is 3.62. The Morgan fingerprint density at radius 1 is 1.05 bits per heavy atom. The molecule has 2 aromatic heterocycles. The highest BCUT2D eigenvalue weighted by molar-refractivity contribution is 7.14. The van der Waals surface area contributed by atoms with Crippen molar-refractivity contribution in [3.05, 3.63) is 58.9 Å². The van der Waals surface area contributed by atoms with E-state index in [0.717, 1.165) is 43.2 Å². The van der Waals surface area contributed by atoms with Crippen molar-refractivity contribution >= 4 is 34.0 Å². The van der Waals surface area contributed by atoms with Gasteiger partial charge in [-0.2, -0.15) is 0 Å². The molecule has 2 aliphatic heterocycles. The molecule has 42 heavy (non-hydrogen) atoms. The number of nitrogens with zero attached hydrogens (tertiary/aromatic N) is 5. The standard InChI is InChI=1S/C30H39N7O4S/c1-20-5-6-21(2)37(20)18-22-7-8-25(24(17-22)27(38)31-13-16-40-3)34-28(39)26-19-42-30(35-26)36-14-9-23(10-15-36)41-29-32-11-4-12-33-29/h4,7-8,11-12,17,19-21,23H,5-6,9-10,13-16,18H2,1-3H3,(H,31,38)(H,34,39). The number of piperidine rings is 1. The molecule has 0 radical (unpaired) electrons. The van der Waals surface area contributed by atoms with Gasteiger partial charge in [-0.05, 0) is 50.5 Å². The molecule has 2 atom stereocenters. The van der Waals surface area contributed by atoms with Crippen LogP contribution in [0.3, 0.4) is 0 Å². The van der Waals surface area contributed by atoms with Crippen LogP contribution in [0.1, 0.15) is 65.9 Å². The van der Waals surface area contributed by atoms with Crippen LogP contribution in [-0.4, -0.2) is 83.2 Å². The van der Waals surface area contributed by atoms with Crippen LogP contribution in [0.25, 0.3) is 0 Å². The van der Waals surface area contributed by atoms with Gasteiger partial charge < -0.3 is 25.0 Å². The van der Waals surface area contributed by atoms with Crippen molar-refractivity contribution in [3.63, 3.8) is 0 Å². The predicted molar refractivity (Wildman–Crippen MR) is 162 cm³/mol. The van der Waals surface area contributed by atoms with Crippen LogP contribution in [0.4, 0.5) is 10.8 Å². The highest BCUT2D eigenvalue weighted by Crippen LogP contribution is 2.29. The lowest BCUT2D eigenvalue weighted by atomic mass is 10.1. The second-order valence-corrected chi connectivity index (χ2v) is 11.7. The Kier molecular flexibility index (Phi) is 9.98. The summed E-state index contributed by atoms with van der Waals surface area (Å²) in [4.78, 5) is 44.0. The fourth-order valence-electron chi connectivity index (χ4n) is 5.48. The molecule has 2 unspecified atom stereocenters. The fraction of sp³-hybridized carbons (Fsp3) is 0.500. The van der Waals surface area contributed by atoms with Gasteiger partial charge in [-0.15, -0.1) is 11.3 Å². The van der Waals surface area contributed by atoms with Crippen molar-refractivity contribution in [1.82, 2.24) is 25.2 Å². The number of thiazole rings is 1. The largest absolute Gasteiger partial charge is 0.460 e. The van der Waals surface area contributed by atoms with Crippen LogP contribution in [0.5, 0.6) is 6.01 Å². The van der Waals surface area contributed by atoms with E-state index in [0.29, 0.717) is 48.2 Å². The Morgan fingerprint density at radius 2 is 1.79 bits per heavy atom. The Morgan fingerprint density at radius 3 is 2.50 bits per heavy atom. The molecule has 2 saturated heterocycles. The lowest BCUT2D eigenvalue weighted by Crippen LogP contribution is -2.38. The number of anilines is 2. The van der Waals surface area contributed by atoms with Crippen LogP contribution in [0, 0.1) is 0 Å². The predicted octanol–water partition coefficient (Wildman–Crippen LogP) is 3.98. The number of hydrogen-bond donors (Lipinski definition) is 2. The van der Waals surface area contributed by atoms with E-state index in [4.69, 9.17) is 9.47 Å². The number of carbonyl (C=O) groups is 2. The molecule has 11 nitrogen and oxygen atoms in total. The minimum Gasteiger partial charge on any atom is -0.460 e. The SMILES string of the molecule is COCCNC(=O)c1cc(CN2C(C)CCC2C)ccc1NC(=O)c1csc(N2CCC(Oc3ncccn3)CC2)n1. The van der Waals surface area contributed by atoms with Crippen LogP contribution in [0.2, 0.25) is 0 Å². The van der Waals surface area contributed by atoms with E-state index in [9.17, 15) is 9.59 Å². The molecule has 4 heterocycles. The summed E-state index contributed by atoms with van der Waals surface area (Å²) in [5.74, 6) is -0.603. The van der Waals surface area contributed by atoms with Crippen LogP contribution in [-0.2, 0) is 11.3 Å². The van der Waals surface area contributed by atoms with Crippen molar-refractivity contribution in [3.8, 4) is 6.01 Å². The summed E-state index contributed by atoms with van der Waals surface area (Å²) in [6, 6.07) is 8.83. The van der Waals surface area contributed by atoms with Gasteiger partial charge in [0.1, 0.15) is 11.8 Å². The highest BCUT2D eigenvalue weighted by atomic mass is 32.1. The second-order valence-electron chi connectivity index (χ2n) is 10.9. The molecule has 2 aliphatic rings. The first-order valence-corrected chi connectivity index (χ1v) is 15.4. The van der Waals surface area contributed by atoms with E-state index >= 15 is 0 Å². The van der Waals surface area contributed by atoms with Gasteiger partial charge in [-0.3, -0.25) is 14.5 Å². The molecule has 1 aromatic carbocycles. The summed E-state index contributed by atoms with van der Waals surface area (Å²) >= 11 is 1.43. The molecular weight excluding hydrogens is 554 g/mol. The third-order valence-corrected chi connectivity index (χ3v) is 8.82. The summed E-state index contributed by atoms with van der Waals surface area (Å²) in [7, 11) is 1.59. The van der Waals surface area contributed by atoms with E-state index in [1.807, 2.05) is 18.2 Å². The third-order valence-electron chi connectivity index (χ3n) is 7.92. The van der Waals surface area contributed by atoms with Crippen molar-refractivity contribution in [2.24, 2.45) is 0 Å². The number of amides is 2. The number of nitrogens with one attached hydrogen (secondary N) is 2. The number of aromatic nitrogens is 3. The summed E-state index contributed by atoms with van der Waals surface area (Å²) in [6.45, 7) is 7.54. The van der Waals surface area contributed by atoms with Crippen LogP contribution in [0.15, 0.2) is 42.0 Å². The Bertz CT molecular complexity index is 1340. The van der Waals surface area contributed by atoms with Gasteiger partial charge >= 0.3 is 6.01 Å². The zero-order valence-corrected chi connectivity index (χ0v) is 25.2. The summed E-state index contributed by atoms with van der Waals surface area (Å²) in [5.41, 5.74) is 2.24. The average molecular weight is 594 g/mol. The Balaban J connectivity index is 1.24. The summed E-state index contributed by atoms with van der Waals surface area (Å²) in [6.07, 6.45) is 7.33. The molecule has 12 heteroatoms. The zero-order chi connectivity index (χ0) is 29.5. The van der Waals surface area contributed by atoms with Crippen molar-refractivity contribution in [2.45, 2.75) is 64.3 Å². The molecule has 0 bridgehead atoms. The molecule has 224 valence electrons. The molecular formula is C30H39N7O4S. The van der Waals surface area contributed by atoms with Crippen molar-refractivity contribution in [1.29, 1.82) is 0 Å². The maximum atomic E-state index is 13.3. The number of likely N-dealkylation sites (tertiary alicyclic amines) is 1. The maximum absolute atomic E-state index is 13.3. The van der Waals surface area contributed by atoms with Gasteiger partial charge in [0.15, 0.2) is 5.13 Å². The Labute approximate surface area is 250 Å². The summed E-state index contributed by atoms with van der Waals surface area (Å²) in [5, 5.41) is 8.37. The van der Waals surface area contributed by atoms with Gasteiger partial charge in [0.25, 0.3) is 11.8 Å². The van der Waals surface area contributed by atoms with Crippen molar-refractivity contribution < 1.29 is 19.1 Å². The first-order valence-electron chi connectivity index (χ1n) is 14.5. The van der Waals surface area contributed by atoms with Crippen LogP contribution < -0.4 is 20.3 Å².